The number of pyridine rings is 1. The largest absolute Gasteiger partial charge is 0.497 e. The Hall–Kier alpha value is -3.07. The van der Waals surface area contributed by atoms with Gasteiger partial charge in [-0.3, -0.25) is 0 Å². The van der Waals surface area contributed by atoms with E-state index >= 15 is 0 Å². The van der Waals surface area contributed by atoms with E-state index in [0.29, 0.717) is 0 Å². The highest BCUT2D eigenvalue weighted by Gasteiger charge is 2.20. The summed E-state index contributed by atoms with van der Waals surface area (Å²) in [4.78, 5) is 0. The van der Waals surface area contributed by atoms with Gasteiger partial charge >= 0.3 is 0 Å². The van der Waals surface area contributed by atoms with Crippen LogP contribution in [0.25, 0.3) is 32.9 Å². The number of hydrogen-bond donors (Lipinski definition) is 1. The zero-order valence-corrected chi connectivity index (χ0v) is 13.8. The number of nitrogens with zero attached hydrogens (tertiary/aromatic N) is 1. The average Bonchev–Trinajstić information content (AvgIpc) is 2.63. The van der Waals surface area contributed by atoms with Gasteiger partial charge in [-0.2, -0.15) is 4.57 Å². The molecule has 4 aromatic rings. The highest BCUT2D eigenvalue weighted by atomic mass is 16.5. The van der Waals surface area contributed by atoms with E-state index in [1.54, 1.807) is 7.11 Å². The van der Waals surface area contributed by atoms with Crippen LogP contribution in [0.3, 0.4) is 0 Å². The van der Waals surface area contributed by atoms with Crippen LogP contribution in [0.15, 0.2) is 66.7 Å². The Bertz CT molecular complexity index is 1050. The first-order valence-electron chi connectivity index (χ1n) is 7.93. The first kappa shape index (κ1) is 14.5. The van der Waals surface area contributed by atoms with E-state index in [2.05, 4.69) is 60.1 Å². The molecule has 0 aliphatic rings. The molecular formula is C21H19N2O+. The predicted molar refractivity (Wildman–Crippen MR) is 99.0 cm³/mol. The van der Waals surface area contributed by atoms with Crippen molar-refractivity contribution in [3.8, 4) is 17.0 Å². The molecule has 0 amide bonds. The normalized spacial score (nSPS) is 11.1. The molecule has 0 saturated carbocycles. The van der Waals surface area contributed by atoms with Crippen LogP contribution >= 0.6 is 0 Å². The summed E-state index contributed by atoms with van der Waals surface area (Å²) < 4.78 is 7.69. The molecule has 24 heavy (non-hydrogen) atoms. The van der Waals surface area contributed by atoms with Crippen LogP contribution in [0.5, 0.6) is 5.75 Å². The average molecular weight is 315 g/mol. The summed E-state index contributed by atoms with van der Waals surface area (Å²) in [7, 11) is 3.80. The van der Waals surface area contributed by atoms with E-state index in [0.717, 1.165) is 22.7 Å². The fraction of sp³-hybridized carbons (Fsp3) is 0.0952. The summed E-state index contributed by atoms with van der Waals surface area (Å²) in [6.07, 6.45) is 0. The topological polar surface area (TPSA) is 39.1 Å². The van der Waals surface area contributed by atoms with Gasteiger partial charge in [-0.25, -0.2) is 0 Å². The molecule has 2 N–H and O–H groups in total. The number of nitrogens with two attached hydrogens (primary N) is 1. The van der Waals surface area contributed by atoms with Crippen molar-refractivity contribution in [2.45, 2.75) is 0 Å². The molecule has 1 aromatic heterocycles. The van der Waals surface area contributed by atoms with E-state index < -0.39 is 0 Å². The van der Waals surface area contributed by atoms with Gasteiger partial charge in [0.15, 0.2) is 0 Å². The van der Waals surface area contributed by atoms with Gasteiger partial charge < -0.3 is 10.5 Å². The van der Waals surface area contributed by atoms with Crippen molar-refractivity contribution in [1.29, 1.82) is 0 Å². The molecule has 0 radical (unpaired) electrons. The summed E-state index contributed by atoms with van der Waals surface area (Å²) in [5, 5.41) is 3.62. The number of hydrogen-bond acceptors (Lipinski definition) is 2. The number of anilines is 1. The molecule has 1 heterocycles. The molecule has 0 aliphatic heterocycles. The predicted octanol–water partition coefficient (Wildman–Crippen LogP) is 4.08. The Morgan fingerprint density at radius 1 is 0.833 bits per heavy atom. The molecule has 0 bridgehead atoms. The summed E-state index contributed by atoms with van der Waals surface area (Å²) >= 11 is 0. The van der Waals surface area contributed by atoms with E-state index in [4.69, 9.17) is 10.5 Å². The van der Waals surface area contributed by atoms with Crippen LogP contribution in [0.4, 0.5) is 5.69 Å². The first-order valence-corrected chi connectivity index (χ1v) is 7.93. The molecule has 3 aromatic carbocycles. The quantitative estimate of drug-likeness (QED) is 0.344. The van der Waals surface area contributed by atoms with Crippen molar-refractivity contribution in [2.24, 2.45) is 7.05 Å². The number of methoxy groups -OCH3 is 1. The smallest absolute Gasteiger partial charge is 0.220 e. The van der Waals surface area contributed by atoms with Gasteiger partial charge in [0, 0.05) is 22.7 Å². The molecule has 118 valence electrons. The number of para-hydroxylation sites is 1. The Kier molecular flexibility index (Phi) is 3.35. The lowest BCUT2D eigenvalue weighted by Gasteiger charge is -2.11. The number of aromatic nitrogens is 1. The van der Waals surface area contributed by atoms with Crippen molar-refractivity contribution < 1.29 is 9.30 Å². The number of benzene rings is 3. The van der Waals surface area contributed by atoms with Gasteiger partial charge in [0.1, 0.15) is 12.8 Å². The second kappa shape index (κ2) is 5.53. The third-order valence-electron chi connectivity index (χ3n) is 4.56. The molecule has 3 heteroatoms. The summed E-state index contributed by atoms with van der Waals surface area (Å²) in [5.74, 6) is 0.856. The number of rotatable bonds is 2. The highest BCUT2D eigenvalue weighted by Crippen LogP contribution is 2.33. The summed E-state index contributed by atoms with van der Waals surface area (Å²) in [6.45, 7) is 0. The zero-order chi connectivity index (χ0) is 16.7. The van der Waals surface area contributed by atoms with Crippen LogP contribution in [-0.2, 0) is 7.05 Å². The monoisotopic (exact) mass is 315 g/mol. The minimum atomic E-state index is 0.768. The van der Waals surface area contributed by atoms with Gasteiger partial charge in [0.25, 0.3) is 0 Å². The number of aryl methyl sites for hydroxylation is 1. The van der Waals surface area contributed by atoms with Crippen molar-refractivity contribution in [3.63, 3.8) is 0 Å². The second-order valence-corrected chi connectivity index (χ2v) is 5.96. The zero-order valence-electron chi connectivity index (χ0n) is 13.8. The SMILES string of the molecule is COc1ccc2c(c1)c(-c1ccc(N)cc1)[n+](C)c1ccccc21. The fourth-order valence-corrected chi connectivity index (χ4v) is 3.37. The lowest BCUT2D eigenvalue weighted by molar-refractivity contribution is -0.632. The van der Waals surface area contributed by atoms with E-state index in [1.807, 2.05) is 18.2 Å². The van der Waals surface area contributed by atoms with E-state index in [1.165, 1.54) is 21.7 Å². The van der Waals surface area contributed by atoms with Gasteiger partial charge in [-0.15, -0.1) is 0 Å². The molecule has 0 saturated heterocycles. The van der Waals surface area contributed by atoms with Crippen molar-refractivity contribution >= 4 is 27.4 Å². The van der Waals surface area contributed by atoms with Crippen LogP contribution in [0.1, 0.15) is 0 Å². The van der Waals surface area contributed by atoms with Crippen LogP contribution in [-0.4, -0.2) is 7.11 Å². The van der Waals surface area contributed by atoms with Gasteiger partial charge in [0.2, 0.25) is 11.2 Å². The number of nitrogen functional groups attached to an aromatic ring is 1. The minimum Gasteiger partial charge on any atom is -0.497 e. The maximum Gasteiger partial charge on any atom is 0.220 e. The maximum atomic E-state index is 5.86. The third kappa shape index (κ3) is 2.17. The fourth-order valence-electron chi connectivity index (χ4n) is 3.37. The molecular weight excluding hydrogens is 296 g/mol. The summed E-state index contributed by atoms with van der Waals surface area (Å²) in [6, 6.07) is 22.7. The molecule has 0 fully saturated rings. The molecule has 0 aliphatic carbocycles. The standard InChI is InChI=1S/C21H18N2O/c1-23-20-6-4-3-5-18(20)17-12-11-16(24-2)13-19(17)21(23)14-7-9-15(22)10-8-14/h3-13,22H,1-2H3/p+1. The summed E-state index contributed by atoms with van der Waals surface area (Å²) in [5.41, 5.74) is 10.1. The Balaban J connectivity index is 2.19. The lowest BCUT2D eigenvalue weighted by atomic mass is 9.99. The Morgan fingerprint density at radius 2 is 1.58 bits per heavy atom. The lowest BCUT2D eigenvalue weighted by Crippen LogP contribution is -2.32. The molecule has 3 nitrogen and oxygen atoms in total. The van der Waals surface area contributed by atoms with Gasteiger partial charge in [-0.1, -0.05) is 12.1 Å². The second-order valence-electron chi connectivity index (χ2n) is 5.96. The van der Waals surface area contributed by atoms with Gasteiger partial charge in [0.05, 0.1) is 17.9 Å². The van der Waals surface area contributed by atoms with Crippen LogP contribution in [0.2, 0.25) is 0 Å². The van der Waals surface area contributed by atoms with E-state index in [-0.39, 0.29) is 0 Å². The Morgan fingerprint density at radius 3 is 2.33 bits per heavy atom. The third-order valence-corrected chi connectivity index (χ3v) is 4.56. The Labute approximate surface area is 140 Å². The number of fused-ring (bicyclic) bond motifs is 3. The number of ether oxygens (including phenoxy) is 1. The maximum absolute atomic E-state index is 5.86. The molecule has 4 rings (SSSR count). The van der Waals surface area contributed by atoms with Crippen LogP contribution < -0.4 is 15.0 Å². The van der Waals surface area contributed by atoms with Crippen molar-refractivity contribution in [2.75, 3.05) is 12.8 Å². The molecule has 0 spiro atoms. The van der Waals surface area contributed by atoms with Crippen molar-refractivity contribution in [3.05, 3.63) is 66.7 Å². The molecule has 0 unspecified atom stereocenters. The van der Waals surface area contributed by atoms with Crippen LogP contribution in [0, 0.1) is 0 Å². The van der Waals surface area contributed by atoms with Crippen molar-refractivity contribution in [1.82, 2.24) is 0 Å². The molecule has 0 atom stereocenters. The minimum absolute atomic E-state index is 0.768. The highest BCUT2D eigenvalue weighted by molar-refractivity contribution is 6.09. The van der Waals surface area contributed by atoms with Gasteiger partial charge in [-0.05, 0) is 48.5 Å². The van der Waals surface area contributed by atoms with E-state index in [9.17, 15) is 0 Å². The first-order chi connectivity index (χ1) is 11.7.